The first-order valence-electron chi connectivity index (χ1n) is 7.80. The smallest absolute Gasteiger partial charge is 0.346 e. The summed E-state index contributed by atoms with van der Waals surface area (Å²) in [4.78, 5) is 36.8. The molecule has 8 heteroatoms. The van der Waals surface area contributed by atoms with Crippen LogP contribution < -0.4 is 0 Å². The summed E-state index contributed by atoms with van der Waals surface area (Å²) in [6, 6.07) is 3.80. The number of hydrogen-bond donors (Lipinski definition) is 0. The molecule has 0 unspecified atom stereocenters. The number of nitro benzene ring substituents is 1. The Morgan fingerprint density at radius 1 is 1.12 bits per heavy atom. The summed E-state index contributed by atoms with van der Waals surface area (Å²) in [6.45, 7) is 7.85. The van der Waals surface area contributed by atoms with Crippen molar-refractivity contribution >= 4 is 17.6 Å². The highest BCUT2D eigenvalue weighted by Crippen LogP contribution is 2.24. The fourth-order valence-electron chi connectivity index (χ4n) is 2.17. The number of nitro groups is 1. The molecule has 0 bridgehead atoms. The SMILES string of the molecule is CCOC(=O)c1cccc([N+](=O)[O-])c1C(=O)OCCN(CC)CC. The minimum atomic E-state index is -0.905. The summed E-state index contributed by atoms with van der Waals surface area (Å²) in [5.74, 6) is -1.70. The lowest BCUT2D eigenvalue weighted by Gasteiger charge is -2.17. The van der Waals surface area contributed by atoms with Gasteiger partial charge in [0, 0.05) is 12.6 Å². The fourth-order valence-corrected chi connectivity index (χ4v) is 2.17. The van der Waals surface area contributed by atoms with Crippen molar-refractivity contribution in [3.63, 3.8) is 0 Å². The van der Waals surface area contributed by atoms with Gasteiger partial charge in [0.25, 0.3) is 5.69 Å². The van der Waals surface area contributed by atoms with Gasteiger partial charge in [0.2, 0.25) is 0 Å². The molecule has 0 atom stereocenters. The van der Waals surface area contributed by atoms with Gasteiger partial charge in [-0.2, -0.15) is 0 Å². The first kappa shape index (κ1) is 19.6. The van der Waals surface area contributed by atoms with Crippen LogP contribution in [0.15, 0.2) is 18.2 Å². The van der Waals surface area contributed by atoms with E-state index in [1.54, 1.807) is 6.92 Å². The number of benzene rings is 1. The third kappa shape index (κ3) is 5.02. The van der Waals surface area contributed by atoms with Crippen molar-refractivity contribution in [2.75, 3.05) is 32.8 Å². The molecule has 0 aliphatic rings. The van der Waals surface area contributed by atoms with Gasteiger partial charge >= 0.3 is 11.9 Å². The van der Waals surface area contributed by atoms with E-state index < -0.39 is 22.5 Å². The first-order chi connectivity index (χ1) is 11.5. The van der Waals surface area contributed by atoms with Crippen molar-refractivity contribution in [3.8, 4) is 0 Å². The van der Waals surface area contributed by atoms with Crippen molar-refractivity contribution in [3.05, 3.63) is 39.4 Å². The number of nitrogens with zero attached hydrogens (tertiary/aromatic N) is 2. The number of carbonyl (C=O) groups excluding carboxylic acids is 2. The Balaban J connectivity index is 3.03. The number of esters is 2. The Hall–Kier alpha value is -2.48. The van der Waals surface area contributed by atoms with Crippen LogP contribution in [0.5, 0.6) is 0 Å². The molecule has 0 radical (unpaired) electrons. The zero-order chi connectivity index (χ0) is 18.1. The molecule has 8 nitrogen and oxygen atoms in total. The number of carbonyl (C=O) groups is 2. The Labute approximate surface area is 140 Å². The quantitative estimate of drug-likeness (QED) is 0.387. The van der Waals surface area contributed by atoms with Gasteiger partial charge in [0.05, 0.1) is 17.1 Å². The standard InChI is InChI=1S/C16H22N2O6/c1-4-17(5-2)10-11-24-16(20)14-12(15(19)23-6-3)8-7-9-13(14)18(21)22/h7-9H,4-6,10-11H2,1-3H3. The maximum Gasteiger partial charge on any atom is 0.346 e. The van der Waals surface area contributed by atoms with Gasteiger partial charge in [-0.3, -0.25) is 10.1 Å². The highest BCUT2D eigenvalue weighted by atomic mass is 16.6. The predicted octanol–water partition coefficient (Wildman–Crippen LogP) is 2.27. The average molecular weight is 338 g/mol. The Bertz CT molecular complexity index is 598. The number of likely N-dealkylation sites (N-methyl/N-ethyl adjacent to an activating group) is 1. The van der Waals surface area contributed by atoms with E-state index in [2.05, 4.69) is 0 Å². The second-order valence-electron chi connectivity index (χ2n) is 4.84. The van der Waals surface area contributed by atoms with Gasteiger partial charge < -0.3 is 14.4 Å². The lowest BCUT2D eigenvalue weighted by molar-refractivity contribution is -0.385. The largest absolute Gasteiger partial charge is 0.462 e. The maximum atomic E-state index is 12.3. The van der Waals surface area contributed by atoms with Gasteiger partial charge in [0.1, 0.15) is 6.61 Å². The summed E-state index contributed by atoms with van der Waals surface area (Å²) in [6.07, 6.45) is 0. The van der Waals surface area contributed by atoms with Crippen molar-refractivity contribution in [1.29, 1.82) is 0 Å². The molecular formula is C16H22N2O6. The van der Waals surface area contributed by atoms with Gasteiger partial charge in [-0.15, -0.1) is 0 Å². The Morgan fingerprint density at radius 2 is 1.79 bits per heavy atom. The molecule has 0 heterocycles. The van der Waals surface area contributed by atoms with Crippen LogP contribution in [0.3, 0.4) is 0 Å². The Kier molecular flexibility index (Phi) is 7.84. The van der Waals surface area contributed by atoms with Crippen LogP contribution in [-0.4, -0.2) is 54.6 Å². The Morgan fingerprint density at radius 3 is 2.33 bits per heavy atom. The second kappa shape index (κ2) is 9.61. The van der Waals surface area contributed by atoms with Crippen LogP contribution >= 0.6 is 0 Å². The van der Waals surface area contributed by atoms with Crippen LogP contribution in [0.4, 0.5) is 5.69 Å². The van der Waals surface area contributed by atoms with E-state index >= 15 is 0 Å². The topological polar surface area (TPSA) is 99.0 Å². The molecule has 0 aliphatic carbocycles. The summed E-state index contributed by atoms with van der Waals surface area (Å²) >= 11 is 0. The first-order valence-corrected chi connectivity index (χ1v) is 7.80. The predicted molar refractivity (Wildman–Crippen MR) is 87.1 cm³/mol. The molecular weight excluding hydrogens is 316 g/mol. The molecule has 0 amide bonds. The minimum absolute atomic E-state index is 0.0782. The molecule has 1 aromatic carbocycles. The van der Waals surface area contributed by atoms with Gasteiger partial charge in [-0.1, -0.05) is 19.9 Å². The van der Waals surface area contributed by atoms with Gasteiger partial charge in [-0.25, -0.2) is 9.59 Å². The zero-order valence-corrected chi connectivity index (χ0v) is 14.1. The van der Waals surface area contributed by atoms with E-state index in [0.717, 1.165) is 19.2 Å². The molecule has 24 heavy (non-hydrogen) atoms. The second-order valence-corrected chi connectivity index (χ2v) is 4.84. The summed E-state index contributed by atoms with van der Waals surface area (Å²) in [5, 5.41) is 11.2. The van der Waals surface area contributed by atoms with E-state index in [1.807, 2.05) is 18.7 Å². The van der Waals surface area contributed by atoms with Crippen molar-refractivity contribution in [2.24, 2.45) is 0 Å². The molecule has 132 valence electrons. The third-order valence-corrected chi connectivity index (χ3v) is 3.47. The summed E-state index contributed by atoms with van der Waals surface area (Å²) in [7, 11) is 0. The van der Waals surface area contributed by atoms with E-state index in [-0.39, 0.29) is 24.3 Å². The number of rotatable bonds is 9. The third-order valence-electron chi connectivity index (χ3n) is 3.47. The molecule has 0 spiro atoms. The molecule has 0 saturated heterocycles. The normalized spacial score (nSPS) is 10.5. The monoisotopic (exact) mass is 338 g/mol. The van der Waals surface area contributed by atoms with E-state index in [9.17, 15) is 19.7 Å². The van der Waals surface area contributed by atoms with Crippen LogP contribution in [0.1, 0.15) is 41.5 Å². The van der Waals surface area contributed by atoms with Crippen molar-refractivity contribution < 1.29 is 24.0 Å². The van der Waals surface area contributed by atoms with Gasteiger partial charge in [0.15, 0.2) is 5.56 Å². The van der Waals surface area contributed by atoms with E-state index in [0.29, 0.717) is 6.54 Å². The number of hydrogen-bond acceptors (Lipinski definition) is 7. The maximum absolute atomic E-state index is 12.3. The summed E-state index contributed by atoms with van der Waals surface area (Å²) in [5.41, 5.74) is -1.02. The van der Waals surface area contributed by atoms with Crippen LogP contribution in [-0.2, 0) is 9.47 Å². The lowest BCUT2D eigenvalue weighted by Crippen LogP contribution is -2.28. The number of ether oxygens (including phenoxy) is 2. The van der Waals surface area contributed by atoms with Gasteiger partial charge in [-0.05, 0) is 26.1 Å². The fraction of sp³-hybridized carbons (Fsp3) is 0.500. The molecule has 1 rings (SSSR count). The molecule has 1 aromatic rings. The average Bonchev–Trinajstić information content (AvgIpc) is 2.58. The molecule has 0 aliphatic heterocycles. The van der Waals surface area contributed by atoms with Crippen molar-refractivity contribution in [1.82, 2.24) is 4.90 Å². The molecule has 0 saturated carbocycles. The van der Waals surface area contributed by atoms with Crippen molar-refractivity contribution in [2.45, 2.75) is 20.8 Å². The molecule has 0 aromatic heterocycles. The van der Waals surface area contributed by atoms with Crippen LogP contribution in [0.2, 0.25) is 0 Å². The highest BCUT2D eigenvalue weighted by Gasteiger charge is 2.29. The molecule has 0 fully saturated rings. The molecule has 0 N–H and O–H groups in total. The highest BCUT2D eigenvalue weighted by molar-refractivity contribution is 6.06. The van der Waals surface area contributed by atoms with E-state index in [4.69, 9.17) is 9.47 Å². The minimum Gasteiger partial charge on any atom is -0.462 e. The van der Waals surface area contributed by atoms with Crippen LogP contribution in [0, 0.1) is 10.1 Å². The van der Waals surface area contributed by atoms with E-state index in [1.165, 1.54) is 12.1 Å². The lowest BCUT2D eigenvalue weighted by atomic mass is 10.1. The zero-order valence-electron chi connectivity index (χ0n) is 14.1. The summed E-state index contributed by atoms with van der Waals surface area (Å²) < 4.78 is 9.98. The van der Waals surface area contributed by atoms with Crippen LogP contribution in [0.25, 0.3) is 0 Å².